The van der Waals surface area contributed by atoms with Gasteiger partial charge in [-0.15, -0.1) is 0 Å². The highest BCUT2D eigenvalue weighted by Crippen LogP contribution is 2.35. The zero-order valence-corrected chi connectivity index (χ0v) is 17.1. The van der Waals surface area contributed by atoms with Gasteiger partial charge in [-0.3, -0.25) is 5.32 Å². The number of nitrogens with one attached hydrogen (secondary N) is 1. The van der Waals surface area contributed by atoms with Gasteiger partial charge in [0.15, 0.2) is 5.72 Å². The fraction of sp³-hybridized carbons (Fsp3) is 0.750. The van der Waals surface area contributed by atoms with Crippen LogP contribution in [0.5, 0.6) is 0 Å². The number of carbonyl (C=O) groups excluding carboxylic acids is 2. The lowest BCUT2D eigenvalue weighted by Gasteiger charge is -2.48. The minimum Gasteiger partial charge on any atom is -0.463 e. The molecule has 2 aliphatic rings. The van der Waals surface area contributed by atoms with Crippen LogP contribution in [0.15, 0.2) is 11.6 Å². The van der Waals surface area contributed by atoms with Gasteiger partial charge in [0.05, 0.1) is 24.8 Å². The zero-order valence-electron chi connectivity index (χ0n) is 16.3. The van der Waals surface area contributed by atoms with Crippen LogP contribution in [-0.4, -0.2) is 68.0 Å². The maximum absolute atomic E-state index is 12.9. The highest BCUT2D eigenvalue weighted by Gasteiger charge is 2.56. The van der Waals surface area contributed by atoms with Crippen molar-refractivity contribution in [3.63, 3.8) is 0 Å². The number of esters is 1. The molecule has 29 heavy (non-hydrogen) atoms. The molecule has 0 spiro atoms. The van der Waals surface area contributed by atoms with Gasteiger partial charge in [0.2, 0.25) is 0 Å². The number of piperazine rings is 1. The highest BCUT2D eigenvalue weighted by atomic mass is 32.2. The average Bonchev–Trinajstić information content (AvgIpc) is 2.51. The number of rotatable bonds is 4. The molecule has 2 bridgehead atoms. The fourth-order valence-corrected chi connectivity index (χ4v) is 3.65. The second kappa shape index (κ2) is 7.76. The topological polar surface area (TPSA) is 111 Å². The molecule has 0 saturated carbocycles. The molecule has 2 heterocycles. The third-order valence-electron chi connectivity index (χ3n) is 4.03. The van der Waals surface area contributed by atoms with E-state index in [2.05, 4.69) is 9.50 Å². The summed E-state index contributed by atoms with van der Waals surface area (Å²) in [5.41, 5.74) is -8.60. The van der Waals surface area contributed by atoms with E-state index in [0.717, 1.165) is 4.90 Å². The van der Waals surface area contributed by atoms with Gasteiger partial charge in [-0.05, 0) is 27.7 Å². The van der Waals surface area contributed by atoms with Crippen molar-refractivity contribution in [2.45, 2.75) is 57.0 Å². The van der Waals surface area contributed by atoms with E-state index in [0.29, 0.717) is 0 Å². The Morgan fingerprint density at radius 2 is 1.93 bits per heavy atom. The lowest BCUT2D eigenvalue weighted by molar-refractivity contribution is -0.140. The maximum atomic E-state index is 12.9. The van der Waals surface area contributed by atoms with E-state index < -0.39 is 58.0 Å². The molecule has 0 aromatic heterocycles. The molecule has 1 amide bonds. The quantitative estimate of drug-likeness (QED) is 0.396. The number of hydrogen-bond donors (Lipinski definition) is 1. The van der Waals surface area contributed by atoms with Crippen molar-refractivity contribution in [1.82, 2.24) is 10.2 Å². The predicted molar refractivity (Wildman–Crippen MR) is 92.9 cm³/mol. The highest BCUT2D eigenvalue weighted by molar-refractivity contribution is 7.87. The van der Waals surface area contributed by atoms with Crippen molar-refractivity contribution >= 4 is 22.2 Å². The molecule has 0 aromatic carbocycles. The van der Waals surface area contributed by atoms with Crippen molar-refractivity contribution in [3.8, 4) is 0 Å². The molecule has 1 saturated heterocycles. The molecule has 2 aliphatic heterocycles. The van der Waals surface area contributed by atoms with Gasteiger partial charge in [-0.25, -0.2) is 13.8 Å². The van der Waals surface area contributed by atoms with Crippen molar-refractivity contribution in [3.05, 3.63) is 11.6 Å². The second-order valence-corrected chi connectivity index (χ2v) is 9.16. The lowest BCUT2D eigenvalue weighted by Crippen LogP contribution is -2.70. The Kier molecular flexibility index (Phi) is 6.27. The first-order valence-electron chi connectivity index (χ1n) is 8.74. The zero-order chi connectivity index (χ0) is 22.3. The standard InChI is InChI=1S/C16H23F3N2O7S/c1-5-26-12(22)10-6-7-15(28-29(24,25)16(17,18)19)9-21(8-11(10)20-15)13(23)27-14(2,3)4/h6,11,20H,5,7-9H2,1-4H3. The molecule has 2 atom stereocenters. The summed E-state index contributed by atoms with van der Waals surface area (Å²) in [6, 6.07) is -1.01. The Morgan fingerprint density at radius 1 is 1.31 bits per heavy atom. The SMILES string of the molecule is CCOC(=O)C1=CCC2(OS(=O)(=O)C(F)(F)F)CN(C(=O)OC(C)(C)C)CC1N2. The molecular weight excluding hydrogens is 421 g/mol. The van der Waals surface area contributed by atoms with Gasteiger partial charge in [0, 0.05) is 13.0 Å². The molecule has 2 rings (SSSR count). The monoisotopic (exact) mass is 444 g/mol. The number of carbonyl (C=O) groups is 2. The van der Waals surface area contributed by atoms with E-state index in [1.54, 1.807) is 27.7 Å². The molecular formula is C16H23F3N2O7S. The lowest BCUT2D eigenvalue weighted by atomic mass is 9.91. The molecule has 1 N–H and O–H groups in total. The number of alkyl halides is 3. The van der Waals surface area contributed by atoms with Crippen LogP contribution < -0.4 is 5.32 Å². The average molecular weight is 444 g/mol. The van der Waals surface area contributed by atoms with Gasteiger partial charge in [-0.2, -0.15) is 21.6 Å². The molecule has 0 aliphatic carbocycles. The van der Waals surface area contributed by atoms with Crippen LogP contribution >= 0.6 is 0 Å². The number of nitrogens with zero attached hydrogens (tertiary/aromatic N) is 1. The van der Waals surface area contributed by atoms with Crippen LogP contribution in [0, 0.1) is 0 Å². The smallest absolute Gasteiger partial charge is 0.463 e. The van der Waals surface area contributed by atoms with E-state index in [4.69, 9.17) is 9.47 Å². The minimum atomic E-state index is -5.98. The van der Waals surface area contributed by atoms with E-state index in [1.165, 1.54) is 6.08 Å². The summed E-state index contributed by atoms with van der Waals surface area (Å²) in [6.07, 6.45) is -0.0458. The Morgan fingerprint density at radius 3 is 2.45 bits per heavy atom. The van der Waals surface area contributed by atoms with Crippen LogP contribution in [0.3, 0.4) is 0 Å². The molecule has 0 radical (unpaired) electrons. The fourth-order valence-electron chi connectivity index (χ4n) is 2.97. The van der Waals surface area contributed by atoms with E-state index in [9.17, 15) is 31.2 Å². The number of ether oxygens (including phenoxy) is 2. The second-order valence-electron chi connectivity index (χ2n) is 7.62. The maximum Gasteiger partial charge on any atom is 0.523 e. The summed E-state index contributed by atoms with van der Waals surface area (Å²) in [4.78, 5) is 25.6. The minimum absolute atomic E-state index is 0.0583. The Hall–Kier alpha value is -1.86. The first-order chi connectivity index (χ1) is 13.1. The van der Waals surface area contributed by atoms with Crippen molar-refractivity contribution in [1.29, 1.82) is 0 Å². The summed E-state index contributed by atoms with van der Waals surface area (Å²) in [5, 5.41) is 2.61. The number of amides is 1. The third-order valence-corrected chi connectivity index (χ3v) is 5.13. The summed E-state index contributed by atoms with van der Waals surface area (Å²) >= 11 is 0. The van der Waals surface area contributed by atoms with Crippen molar-refractivity contribution in [2.75, 3.05) is 19.7 Å². The van der Waals surface area contributed by atoms with Crippen LogP contribution in [0.4, 0.5) is 18.0 Å². The Balaban J connectivity index is 2.39. The van der Waals surface area contributed by atoms with Crippen LogP contribution in [0.25, 0.3) is 0 Å². The summed E-state index contributed by atoms with van der Waals surface area (Å²) < 4.78 is 76.4. The van der Waals surface area contributed by atoms with Gasteiger partial charge >= 0.3 is 27.7 Å². The predicted octanol–water partition coefficient (Wildman–Crippen LogP) is 1.65. The summed E-state index contributed by atoms with van der Waals surface area (Å²) in [5.74, 6) is -0.733. The third kappa shape index (κ3) is 5.39. The first-order valence-corrected chi connectivity index (χ1v) is 10.1. The van der Waals surface area contributed by atoms with Crippen LogP contribution in [0.1, 0.15) is 34.1 Å². The van der Waals surface area contributed by atoms with E-state index >= 15 is 0 Å². The van der Waals surface area contributed by atoms with Gasteiger partial charge in [0.25, 0.3) is 0 Å². The van der Waals surface area contributed by atoms with E-state index in [1.807, 2.05) is 0 Å². The number of hydrogen-bond acceptors (Lipinski definition) is 8. The summed E-state index contributed by atoms with van der Waals surface area (Å²) in [7, 11) is -5.98. The molecule has 2 unspecified atom stereocenters. The normalized spacial score (nSPS) is 25.3. The van der Waals surface area contributed by atoms with Gasteiger partial charge in [-0.1, -0.05) is 6.08 Å². The number of halogens is 3. The Bertz CT molecular complexity index is 804. The number of fused-ring (bicyclic) bond motifs is 2. The Labute approximate surface area is 166 Å². The van der Waals surface area contributed by atoms with Crippen molar-refractivity contribution in [2.24, 2.45) is 0 Å². The van der Waals surface area contributed by atoms with Crippen LogP contribution in [-0.2, 0) is 28.6 Å². The molecule has 166 valence electrons. The first kappa shape index (κ1) is 23.4. The molecule has 9 nitrogen and oxygen atoms in total. The van der Waals surface area contributed by atoms with Crippen LogP contribution in [0.2, 0.25) is 0 Å². The summed E-state index contributed by atoms with van der Waals surface area (Å²) in [6.45, 7) is 5.72. The molecule has 13 heteroatoms. The molecule has 0 aromatic rings. The van der Waals surface area contributed by atoms with Gasteiger partial charge in [0.1, 0.15) is 5.60 Å². The molecule has 1 fully saturated rings. The van der Waals surface area contributed by atoms with E-state index in [-0.39, 0.29) is 18.7 Å². The van der Waals surface area contributed by atoms with Gasteiger partial charge < -0.3 is 14.4 Å². The van der Waals surface area contributed by atoms with Crippen molar-refractivity contribution < 1.29 is 44.8 Å². The largest absolute Gasteiger partial charge is 0.523 e.